The maximum Gasteiger partial charge on any atom is 0.264 e. The molecule has 2 N–H and O–H groups in total. The maximum absolute atomic E-state index is 13.4. The third kappa shape index (κ3) is 3.29. The molecule has 1 aromatic carbocycles. The fraction of sp³-hybridized carbons (Fsp3) is 0.417. The van der Waals surface area contributed by atoms with Gasteiger partial charge in [-0.2, -0.15) is 0 Å². The number of nitrogens with one attached hydrogen (secondary N) is 2. The number of carbonyl (C=O) groups excluding carboxylic acids is 1. The number of piperidine rings is 1. The molecule has 3 aliphatic rings. The summed E-state index contributed by atoms with van der Waals surface area (Å²) >= 11 is 6.48. The summed E-state index contributed by atoms with van der Waals surface area (Å²) < 4.78 is 6.33. The lowest BCUT2D eigenvalue weighted by molar-refractivity contribution is -0.140. The van der Waals surface area contributed by atoms with E-state index >= 15 is 0 Å². The maximum atomic E-state index is 13.4. The number of halogens is 1. The normalized spacial score (nSPS) is 23.5. The van der Waals surface area contributed by atoms with Crippen molar-refractivity contribution in [2.24, 2.45) is 11.8 Å². The minimum Gasteiger partial charge on any atom is -0.479 e. The van der Waals surface area contributed by atoms with Crippen LogP contribution >= 0.6 is 11.6 Å². The number of nitrogens with zero attached hydrogens (tertiary/aromatic N) is 2. The van der Waals surface area contributed by atoms with E-state index in [2.05, 4.69) is 15.3 Å². The summed E-state index contributed by atoms with van der Waals surface area (Å²) in [6, 6.07) is 7.84. The van der Waals surface area contributed by atoms with Gasteiger partial charge in [-0.15, -0.1) is 0 Å². The number of amides is 1. The van der Waals surface area contributed by atoms with E-state index < -0.39 is 6.10 Å². The highest BCUT2D eigenvalue weighted by molar-refractivity contribution is 6.31. The van der Waals surface area contributed by atoms with Crippen molar-refractivity contribution in [3.05, 3.63) is 47.2 Å². The first kappa shape index (κ1) is 19.1. The van der Waals surface area contributed by atoms with Gasteiger partial charge in [-0.25, -0.2) is 4.98 Å². The van der Waals surface area contributed by atoms with Gasteiger partial charge < -0.3 is 19.9 Å². The van der Waals surface area contributed by atoms with Gasteiger partial charge in [0.1, 0.15) is 11.4 Å². The monoisotopic (exact) mass is 436 g/mol. The molecule has 0 bridgehead atoms. The molecule has 3 aromatic rings. The molecule has 5 heterocycles. The Kier molecular flexibility index (Phi) is 4.65. The van der Waals surface area contributed by atoms with E-state index in [4.69, 9.17) is 16.3 Å². The van der Waals surface area contributed by atoms with Crippen LogP contribution in [0.4, 0.5) is 0 Å². The Morgan fingerprint density at radius 1 is 1.19 bits per heavy atom. The molecular weight excluding hydrogens is 412 g/mol. The number of hydrogen-bond acceptors (Lipinski definition) is 4. The second-order valence-electron chi connectivity index (χ2n) is 8.96. The standard InChI is InChI=1S/C24H25ClN4O2/c25-17-8-15-9-21(24(30)29-7-1-2-14(13-29)16-11-26-12-16)31-22(15)20(10-17)18-3-5-27-23-19(18)4-6-28-23/h3-6,8,10,14,16,21,26H,1-2,7,9,11-13H2,(H,27,28). The summed E-state index contributed by atoms with van der Waals surface area (Å²) in [6.45, 7) is 3.84. The molecule has 2 unspecified atom stereocenters. The first-order valence-corrected chi connectivity index (χ1v) is 11.5. The molecule has 0 aliphatic carbocycles. The zero-order valence-electron chi connectivity index (χ0n) is 17.2. The van der Waals surface area contributed by atoms with Gasteiger partial charge in [0, 0.05) is 53.4 Å². The van der Waals surface area contributed by atoms with Crippen LogP contribution in [0.5, 0.6) is 5.75 Å². The minimum absolute atomic E-state index is 0.108. The Labute approximate surface area is 185 Å². The zero-order valence-corrected chi connectivity index (χ0v) is 18.0. The van der Waals surface area contributed by atoms with Crippen LogP contribution in [0.1, 0.15) is 18.4 Å². The fourth-order valence-corrected chi connectivity index (χ4v) is 5.54. The summed E-state index contributed by atoms with van der Waals surface area (Å²) in [7, 11) is 0. The van der Waals surface area contributed by atoms with Crippen molar-refractivity contribution in [1.29, 1.82) is 0 Å². The van der Waals surface area contributed by atoms with Crippen molar-refractivity contribution in [2.75, 3.05) is 26.2 Å². The quantitative estimate of drug-likeness (QED) is 0.657. The molecular formula is C24H25ClN4O2. The van der Waals surface area contributed by atoms with E-state index in [-0.39, 0.29) is 5.91 Å². The van der Waals surface area contributed by atoms with E-state index in [0.717, 1.165) is 66.1 Å². The number of hydrogen-bond donors (Lipinski definition) is 2. The summed E-state index contributed by atoms with van der Waals surface area (Å²) in [6.07, 6.45) is 6.04. The molecule has 2 aromatic heterocycles. The van der Waals surface area contributed by atoms with Gasteiger partial charge in [-0.1, -0.05) is 11.6 Å². The van der Waals surface area contributed by atoms with E-state index in [0.29, 0.717) is 23.3 Å². The van der Waals surface area contributed by atoms with Crippen LogP contribution in [0.25, 0.3) is 22.2 Å². The number of aromatic amines is 1. The molecule has 6 rings (SSSR count). The fourth-order valence-electron chi connectivity index (χ4n) is 5.30. The molecule has 6 nitrogen and oxygen atoms in total. The highest BCUT2D eigenvalue weighted by atomic mass is 35.5. The molecule has 160 valence electrons. The molecule has 0 radical (unpaired) electrons. The van der Waals surface area contributed by atoms with Crippen LogP contribution in [0, 0.1) is 11.8 Å². The largest absolute Gasteiger partial charge is 0.479 e. The highest BCUT2D eigenvalue weighted by Crippen LogP contribution is 2.43. The molecule has 3 aliphatic heterocycles. The number of ether oxygens (including phenoxy) is 1. The smallest absolute Gasteiger partial charge is 0.264 e. The predicted octanol–water partition coefficient (Wildman–Crippen LogP) is 3.64. The van der Waals surface area contributed by atoms with Crippen LogP contribution in [0.15, 0.2) is 36.7 Å². The number of carbonyl (C=O) groups is 1. The Hall–Kier alpha value is -2.57. The van der Waals surface area contributed by atoms with Crippen molar-refractivity contribution >= 4 is 28.5 Å². The second kappa shape index (κ2) is 7.53. The SMILES string of the molecule is O=C(C1Cc2cc(Cl)cc(-c3ccnc4[nH]ccc34)c2O1)N1CCCC(C2CNC2)C1. The number of rotatable bonds is 3. The van der Waals surface area contributed by atoms with E-state index in [9.17, 15) is 4.79 Å². The molecule has 2 atom stereocenters. The first-order valence-electron chi connectivity index (χ1n) is 11.1. The first-order chi connectivity index (χ1) is 15.2. The van der Waals surface area contributed by atoms with Gasteiger partial charge in [0.25, 0.3) is 5.91 Å². The molecule has 2 saturated heterocycles. The number of fused-ring (bicyclic) bond motifs is 2. The molecule has 2 fully saturated rings. The lowest BCUT2D eigenvalue weighted by Crippen LogP contribution is -2.53. The molecule has 0 spiro atoms. The Morgan fingerprint density at radius 2 is 2.10 bits per heavy atom. The average molecular weight is 437 g/mol. The predicted molar refractivity (Wildman–Crippen MR) is 120 cm³/mol. The van der Waals surface area contributed by atoms with Gasteiger partial charge in [0.2, 0.25) is 0 Å². The topological polar surface area (TPSA) is 70.2 Å². The van der Waals surface area contributed by atoms with Gasteiger partial charge in [-0.3, -0.25) is 4.79 Å². The Balaban J connectivity index is 1.28. The van der Waals surface area contributed by atoms with Crippen LogP contribution in [0.2, 0.25) is 5.02 Å². The summed E-state index contributed by atoms with van der Waals surface area (Å²) in [5.41, 5.74) is 3.75. The number of benzene rings is 1. The number of pyridine rings is 1. The molecule has 0 saturated carbocycles. The van der Waals surface area contributed by atoms with Crippen LogP contribution in [-0.4, -0.2) is 53.1 Å². The van der Waals surface area contributed by atoms with Gasteiger partial charge in [0.05, 0.1) is 0 Å². The third-order valence-electron chi connectivity index (χ3n) is 7.07. The van der Waals surface area contributed by atoms with Gasteiger partial charge >= 0.3 is 0 Å². The van der Waals surface area contributed by atoms with E-state index in [1.165, 1.54) is 6.42 Å². The molecule has 7 heteroatoms. The lowest BCUT2D eigenvalue weighted by Gasteiger charge is -2.41. The molecule has 1 amide bonds. The highest BCUT2D eigenvalue weighted by Gasteiger charge is 2.38. The van der Waals surface area contributed by atoms with Crippen LogP contribution in [0.3, 0.4) is 0 Å². The van der Waals surface area contributed by atoms with Crippen molar-refractivity contribution in [3.63, 3.8) is 0 Å². The zero-order chi connectivity index (χ0) is 20.9. The van der Waals surface area contributed by atoms with Crippen LogP contribution in [-0.2, 0) is 11.2 Å². The average Bonchev–Trinajstić information content (AvgIpc) is 3.38. The third-order valence-corrected chi connectivity index (χ3v) is 7.29. The van der Waals surface area contributed by atoms with Crippen molar-refractivity contribution in [3.8, 4) is 16.9 Å². The van der Waals surface area contributed by atoms with E-state index in [1.54, 1.807) is 6.20 Å². The summed E-state index contributed by atoms with van der Waals surface area (Å²) in [5.74, 6) is 2.19. The molecule has 31 heavy (non-hydrogen) atoms. The number of H-pyrrole nitrogens is 1. The number of likely N-dealkylation sites (tertiary alicyclic amines) is 1. The summed E-state index contributed by atoms with van der Waals surface area (Å²) in [4.78, 5) is 23.0. The van der Waals surface area contributed by atoms with Gasteiger partial charge in [-0.05, 0) is 67.6 Å². The number of aromatic nitrogens is 2. The summed E-state index contributed by atoms with van der Waals surface area (Å²) in [5, 5.41) is 5.03. The lowest BCUT2D eigenvalue weighted by atomic mass is 9.82. The van der Waals surface area contributed by atoms with Crippen molar-refractivity contribution < 1.29 is 9.53 Å². The Bertz CT molecular complexity index is 1160. The van der Waals surface area contributed by atoms with E-state index in [1.807, 2.05) is 35.4 Å². The second-order valence-corrected chi connectivity index (χ2v) is 9.39. The van der Waals surface area contributed by atoms with Gasteiger partial charge in [0.15, 0.2) is 6.10 Å². The van der Waals surface area contributed by atoms with Crippen LogP contribution < -0.4 is 10.1 Å². The van der Waals surface area contributed by atoms with Crippen molar-refractivity contribution in [1.82, 2.24) is 20.2 Å². The van der Waals surface area contributed by atoms with Crippen molar-refractivity contribution in [2.45, 2.75) is 25.4 Å². The Morgan fingerprint density at radius 3 is 2.94 bits per heavy atom. The minimum atomic E-state index is -0.478.